The Morgan fingerprint density at radius 2 is 2.11 bits per heavy atom. The molecule has 0 amide bonds. The van der Waals surface area contributed by atoms with Crippen molar-refractivity contribution in [2.24, 2.45) is 0 Å². The van der Waals surface area contributed by atoms with E-state index >= 15 is 0 Å². The number of rotatable bonds is 4. The highest BCUT2D eigenvalue weighted by atomic mass is 35.5. The molecule has 0 radical (unpaired) electrons. The number of ether oxygens (including phenoxy) is 1. The van der Waals surface area contributed by atoms with Crippen molar-refractivity contribution < 1.29 is 17.4 Å². The van der Waals surface area contributed by atoms with E-state index in [9.17, 15) is 4.39 Å². The first-order valence-electron chi connectivity index (χ1n) is 8.26. The highest BCUT2D eigenvalue weighted by molar-refractivity contribution is 6.32. The van der Waals surface area contributed by atoms with Crippen LogP contribution in [0.25, 0.3) is 0 Å². The summed E-state index contributed by atoms with van der Waals surface area (Å²) in [5.74, 6) is -1.98. The van der Waals surface area contributed by atoms with Gasteiger partial charge in [0.05, 0.1) is 5.02 Å². The number of halogens is 2. The van der Waals surface area contributed by atoms with Crippen LogP contribution in [-0.2, 0) is 0 Å². The molecule has 2 aromatic carbocycles. The zero-order valence-corrected chi connectivity index (χ0v) is 11.0. The van der Waals surface area contributed by atoms with E-state index in [1.807, 2.05) is 0 Å². The van der Waals surface area contributed by atoms with Crippen molar-refractivity contribution in [1.82, 2.24) is 0 Å². The van der Waals surface area contributed by atoms with Crippen molar-refractivity contribution in [3.05, 3.63) is 58.9 Å². The van der Waals surface area contributed by atoms with Gasteiger partial charge in [0.25, 0.3) is 0 Å². The summed E-state index contributed by atoms with van der Waals surface area (Å²) in [4.78, 5) is 0. The van der Waals surface area contributed by atoms with Crippen molar-refractivity contribution in [1.29, 1.82) is 0 Å². The second-order valence-electron chi connectivity index (χ2n) is 4.06. The molecule has 1 atom stereocenters. The minimum Gasteiger partial charge on any atom is -0.453 e. The lowest BCUT2D eigenvalue weighted by molar-refractivity contribution is 0.435. The molecule has 0 unspecified atom stereocenters. The number of para-hydroxylation sites is 1. The Labute approximate surface area is 126 Å². The predicted octanol–water partition coefficient (Wildman–Crippen LogP) is 6.03. The van der Waals surface area contributed by atoms with Crippen LogP contribution in [0.1, 0.15) is 39.9 Å². The molecule has 0 saturated carbocycles. The molecule has 0 fully saturated rings. The third-order valence-electron chi connectivity index (χ3n) is 2.73. The maximum Gasteiger partial charge on any atom is 0.181 e. The highest BCUT2D eigenvalue weighted by Gasteiger charge is 2.17. The Kier molecular flexibility index (Phi) is 2.75. The summed E-state index contributed by atoms with van der Waals surface area (Å²) < 4.78 is 58.0. The van der Waals surface area contributed by atoms with Crippen molar-refractivity contribution >= 4 is 11.6 Å². The number of hydrogen-bond donors (Lipinski definition) is 0. The van der Waals surface area contributed by atoms with Crippen LogP contribution < -0.4 is 4.74 Å². The molecule has 0 spiro atoms. The van der Waals surface area contributed by atoms with E-state index in [0.717, 1.165) is 0 Å². The van der Waals surface area contributed by atoms with Gasteiger partial charge in [-0.3, -0.25) is 0 Å². The second kappa shape index (κ2) is 6.07. The summed E-state index contributed by atoms with van der Waals surface area (Å²) in [6.07, 6.45) is -2.61. The number of benzene rings is 2. The molecular formula is C16H18ClFO. The topological polar surface area (TPSA) is 9.23 Å². The lowest BCUT2D eigenvalue weighted by atomic mass is 9.98. The Hall–Kier alpha value is -1.54. The SMILES string of the molecule is [2H]C([2H])([2H])C([2H])([2H])[C@H](C)c1ccc(Cl)c(Oc2ccccc2)c1F.[HH]. The van der Waals surface area contributed by atoms with Crippen LogP contribution in [0.5, 0.6) is 11.5 Å². The van der Waals surface area contributed by atoms with Crippen molar-refractivity contribution in [2.45, 2.75) is 26.1 Å². The molecule has 0 aliphatic heterocycles. The standard InChI is InChI=1S/C16H16ClFO.H2/c1-3-11(2)13-9-10-14(17)16(15(13)18)19-12-7-5-4-6-8-12;/h4-11H,3H2,1-2H3;1H/t11-;/m0./s1/i1D3,3D2;. The van der Waals surface area contributed by atoms with E-state index in [1.165, 1.54) is 19.1 Å². The lowest BCUT2D eigenvalue weighted by Crippen LogP contribution is -1.99. The molecule has 0 N–H and O–H groups in total. The molecule has 0 aromatic heterocycles. The van der Waals surface area contributed by atoms with Gasteiger partial charge in [-0.25, -0.2) is 4.39 Å². The predicted molar refractivity (Wildman–Crippen MR) is 78.7 cm³/mol. The van der Waals surface area contributed by atoms with Crippen LogP contribution in [0, 0.1) is 5.82 Å². The van der Waals surface area contributed by atoms with Crippen molar-refractivity contribution in [3.8, 4) is 11.5 Å². The van der Waals surface area contributed by atoms with Gasteiger partial charge in [0, 0.05) is 8.28 Å². The zero-order valence-electron chi connectivity index (χ0n) is 15.3. The van der Waals surface area contributed by atoms with Gasteiger partial charge in [0.1, 0.15) is 5.75 Å². The normalized spacial score (nSPS) is 17.5. The Morgan fingerprint density at radius 1 is 1.37 bits per heavy atom. The average molecular weight is 286 g/mol. The lowest BCUT2D eigenvalue weighted by Gasteiger charge is -2.15. The summed E-state index contributed by atoms with van der Waals surface area (Å²) in [6.45, 7) is -1.57. The van der Waals surface area contributed by atoms with Crippen LogP contribution in [0.2, 0.25) is 5.02 Å². The van der Waals surface area contributed by atoms with Crippen LogP contribution in [0.4, 0.5) is 4.39 Å². The molecule has 0 bridgehead atoms. The minimum absolute atomic E-state index is 0. The largest absolute Gasteiger partial charge is 0.453 e. The third-order valence-corrected chi connectivity index (χ3v) is 3.02. The Balaban J connectivity index is 0.00000312. The molecule has 2 aromatic rings. The van der Waals surface area contributed by atoms with Crippen molar-refractivity contribution in [2.75, 3.05) is 0 Å². The van der Waals surface area contributed by atoms with E-state index in [2.05, 4.69) is 0 Å². The van der Waals surface area contributed by atoms with E-state index in [1.54, 1.807) is 30.3 Å². The molecule has 0 aliphatic rings. The Morgan fingerprint density at radius 3 is 2.79 bits per heavy atom. The summed E-state index contributed by atoms with van der Waals surface area (Å²) in [5.41, 5.74) is -0.105. The molecule has 1 nitrogen and oxygen atoms in total. The maximum absolute atomic E-state index is 14.8. The first kappa shape index (κ1) is 8.60. The van der Waals surface area contributed by atoms with Gasteiger partial charge in [0.15, 0.2) is 11.6 Å². The highest BCUT2D eigenvalue weighted by Crippen LogP contribution is 2.36. The minimum atomic E-state index is -2.89. The smallest absolute Gasteiger partial charge is 0.181 e. The van der Waals surface area contributed by atoms with Crippen LogP contribution in [-0.4, -0.2) is 0 Å². The van der Waals surface area contributed by atoms with Crippen LogP contribution in [0.15, 0.2) is 42.5 Å². The Bertz CT molecular complexity index is 721. The third kappa shape index (κ3) is 3.07. The quantitative estimate of drug-likeness (QED) is 0.666. The van der Waals surface area contributed by atoms with E-state index < -0.39 is 25.0 Å². The van der Waals surface area contributed by atoms with Gasteiger partial charge >= 0.3 is 0 Å². The second-order valence-corrected chi connectivity index (χ2v) is 4.47. The van der Waals surface area contributed by atoms with Gasteiger partial charge < -0.3 is 4.74 Å². The van der Waals surface area contributed by atoms with Gasteiger partial charge in [0.2, 0.25) is 0 Å². The van der Waals surface area contributed by atoms with Gasteiger partial charge in [-0.15, -0.1) is 0 Å². The fraction of sp³-hybridized carbons (Fsp3) is 0.250. The van der Waals surface area contributed by atoms with Crippen LogP contribution >= 0.6 is 11.6 Å². The zero-order chi connectivity index (χ0) is 18.1. The fourth-order valence-corrected chi connectivity index (χ4v) is 1.84. The van der Waals surface area contributed by atoms with Crippen LogP contribution in [0.3, 0.4) is 0 Å². The molecule has 2 rings (SSSR count). The first-order valence-corrected chi connectivity index (χ1v) is 6.14. The average Bonchev–Trinajstić information content (AvgIpc) is 2.51. The molecule has 0 saturated heterocycles. The van der Waals surface area contributed by atoms with Gasteiger partial charge in [-0.2, -0.15) is 0 Å². The molecule has 102 valence electrons. The molecule has 19 heavy (non-hydrogen) atoms. The number of hydrogen-bond acceptors (Lipinski definition) is 1. The molecule has 0 heterocycles. The summed E-state index contributed by atoms with van der Waals surface area (Å²) in [6, 6.07) is 11.1. The van der Waals surface area contributed by atoms with E-state index in [4.69, 9.17) is 23.2 Å². The first-order chi connectivity index (χ1) is 11.1. The van der Waals surface area contributed by atoms with E-state index in [-0.39, 0.29) is 17.8 Å². The van der Waals surface area contributed by atoms with E-state index in [0.29, 0.717) is 5.75 Å². The monoisotopic (exact) mass is 285 g/mol. The fourth-order valence-electron chi connectivity index (χ4n) is 1.66. The maximum atomic E-state index is 14.8. The summed E-state index contributed by atoms with van der Waals surface area (Å²) >= 11 is 5.99. The van der Waals surface area contributed by atoms with Gasteiger partial charge in [-0.05, 0) is 36.1 Å². The summed E-state index contributed by atoms with van der Waals surface area (Å²) in [7, 11) is 0. The molecule has 0 aliphatic carbocycles. The van der Waals surface area contributed by atoms with Gasteiger partial charge in [-0.1, -0.05) is 49.6 Å². The molecular weight excluding hydrogens is 263 g/mol. The summed E-state index contributed by atoms with van der Waals surface area (Å²) in [5, 5.41) is 0.0155. The van der Waals surface area contributed by atoms with Crippen molar-refractivity contribution in [3.63, 3.8) is 0 Å². The molecule has 3 heteroatoms.